The molecule has 0 radical (unpaired) electrons. The molecule has 0 unspecified atom stereocenters. The van der Waals surface area contributed by atoms with Crippen LogP contribution >= 0.6 is 15.9 Å². The zero-order valence-corrected chi connectivity index (χ0v) is 13.2. The van der Waals surface area contributed by atoms with Gasteiger partial charge in [0.05, 0.1) is 4.47 Å². The second kappa shape index (κ2) is 6.49. The number of halogens is 4. The van der Waals surface area contributed by atoms with Crippen LogP contribution in [0.2, 0.25) is 0 Å². The number of aromatic hydroxyl groups is 1. The third-order valence-corrected chi connectivity index (χ3v) is 3.42. The van der Waals surface area contributed by atoms with Gasteiger partial charge in [0.15, 0.2) is 0 Å². The SMILES string of the molecule is Cc1c(OC(F)(F)F)c(Br)cc(O)c1C(=O)Oc1ccccc1. The summed E-state index contributed by atoms with van der Waals surface area (Å²) in [6.45, 7) is 1.22. The number of phenolic OH excluding ortho intramolecular Hbond substituents is 1. The zero-order valence-electron chi connectivity index (χ0n) is 11.6. The van der Waals surface area contributed by atoms with Gasteiger partial charge in [-0.05, 0) is 41.1 Å². The van der Waals surface area contributed by atoms with E-state index < -0.39 is 29.4 Å². The van der Waals surface area contributed by atoms with Gasteiger partial charge in [0.2, 0.25) is 0 Å². The Kier molecular flexibility index (Phi) is 4.84. The minimum Gasteiger partial charge on any atom is -0.507 e. The van der Waals surface area contributed by atoms with Crippen molar-refractivity contribution in [1.29, 1.82) is 0 Å². The summed E-state index contributed by atoms with van der Waals surface area (Å²) in [6, 6.07) is 8.88. The minimum absolute atomic E-state index is 0.138. The smallest absolute Gasteiger partial charge is 0.507 e. The molecular weight excluding hydrogens is 381 g/mol. The molecule has 2 aromatic rings. The van der Waals surface area contributed by atoms with Crippen molar-refractivity contribution in [3.05, 3.63) is 52.0 Å². The molecule has 0 aromatic heterocycles. The summed E-state index contributed by atoms with van der Waals surface area (Å²) in [5.74, 6) is -1.94. The van der Waals surface area contributed by atoms with Crippen LogP contribution in [0, 0.1) is 6.92 Å². The molecule has 0 bridgehead atoms. The predicted molar refractivity (Wildman–Crippen MR) is 78.6 cm³/mol. The molecule has 2 rings (SSSR count). The van der Waals surface area contributed by atoms with E-state index in [1.807, 2.05) is 0 Å². The van der Waals surface area contributed by atoms with E-state index in [-0.39, 0.29) is 15.8 Å². The normalized spacial score (nSPS) is 11.2. The van der Waals surface area contributed by atoms with Crippen LogP contribution in [0.4, 0.5) is 13.2 Å². The number of alkyl halides is 3. The van der Waals surface area contributed by atoms with Crippen molar-refractivity contribution in [3.63, 3.8) is 0 Å². The van der Waals surface area contributed by atoms with Gasteiger partial charge in [-0.15, -0.1) is 13.2 Å². The third-order valence-electron chi connectivity index (χ3n) is 2.83. The Bertz CT molecular complexity index is 730. The van der Waals surface area contributed by atoms with Gasteiger partial charge in [0, 0.05) is 5.56 Å². The number of hydrogen-bond acceptors (Lipinski definition) is 4. The Morgan fingerprint density at radius 3 is 2.39 bits per heavy atom. The molecule has 0 fully saturated rings. The molecule has 8 heteroatoms. The van der Waals surface area contributed by atoms with E-state index in [0.29, 0.717) is 0 Å². The van der Waals surface area contributed by atoms with Crippen LogP contribution in [0.5, 0.6) is 17.2 Å². The van der Waals surface area contributed by atoms with E-state index in [2.05, 4.69) is 20.7 Å². The second-order valence-corrected chi connectivity index (χ2v) is 5.31. The number of carbonyl (C=O) groups is 1. The average Bonchev–Trinajstić information content (AvgIpc) is 2.43. The standard InChI is InChI=1S/C15H10BrF3O4/c1-8-12(14(21)22-9-5-3-2-4-6-9)11(20)7-10(16)13(8)23-15(17,18)19/h2-7,20H,1H3. The molecule has 0 heterocycles. The molecule has 4 nitrogen and oxygen atoms in total. The van der Waals surface area contributed by atoms with Gasteiger partial charge in [-0.2, -0.15) is 0 Å². The lowest BCUT2D eigenvalue weighted by Crippen LogP contribution is -2.19. The lowest BCUT2D eigenvalue weighted by molar-refractivity contribution is -0.275. The summed E-state index contributed by atoms with van der Waals surface area (Å²) in [5, 5.41) is 9.88. The summed E-state index contributed by atoms with van der Waals surface area (Å²) in [6.07, 6.45) is -4.94. The van der Waals surface area contributed by atoms with Crippen LogP contribution < -0.4 is 9.47 Å². The van der Waals surface area contributed by atoms with Crippen molar-refractivity contribution in [2.24, 2.45) is 0 Å². The van der Waals surface area contributed by atoms with E-state index in [9.17, 15) is 23.1 Å². The van der Waals surface area contributed by atoms with Crippen LogP contribution in [0.3, 0.4) is 0 Å². The largest absolute Gasteiger partial charge is 0.573 e. The summed E-state index contributed by atoms with van der Waals surface area (Å²) in [5.41, 5.74) is -0.605. The fourth-order valence-electron chi connectivity index (χ4n) is 1.89. The molecule has 122 valence electrons. The average molecular weight is 391 g/mol. The molecule has 0 aliphatic heterocycles. The van der Waals surface area contributed by atoms with Crippen LogP contribution in [-0.2, 0) is 0 Å². The van der Waals surface area contributed by atoms with E-state index in [1.54, 1.807) is 18.2 Å². The Hall–Kier alpha value is -2.22. The fourth-order valence-corrected chi connectivity index (χ4v) is 2.48. The van der Waals surface area contributed by atoms with Crippen molar-refractivity contribution in [3.8, 4) is 17.2 Å². The number of rotatable bonds is 3. The molecule has 0 aliphatic carbocycles. The first-order valence-electron chi connectivity index (χ1n) is 6.24. The molecule has 0 aliphatic rings. The monoisotopic (exact) mass is 390 g/mol. The Morgan fingerprint density at radius 1 is 1.22 bits per heavy atom. The van der Waals surface area contributed by atoms with Gasteiger partial charge in [-0.1, -0.05) is 18.2 Å². The van der Waals surface area contributed by atoms with Crippen LogP contribution in [0.25, 0.3) is 0 Å². The van der Waals surface area contributed by atoms with Gasteiger partial charge < -0.3 is 14.6 Å². The highest BCUT2D eigenvalue weighted by molar-refractivity contribution is 9.10. The third kappa shape index (κ3) is 4.16. The summed E-state index contributed by atoms with van der Waals surface area (Å²) >= 11 is 2.86. The van der Waals surface area contributed by atoms with E-state index in [4.69, 9.17) is 4.74 Å². The fraction of sp³-hybridized carbons (Fsp3) is 0.133. The topological polar surface area (TPSA) is 55.8 Å². The van der Waals surface area contributed by atoms with Crippen molar-refractivity contribution in [2.45, 2.75) is 13.3 Å². The van der Waals surface area contributed by atoms with Gasteiger partial charge in [0.25, 0.3) is 0 Å². The number of phenols is 1. The second-order valence-electron chi connectivity index (χ2n) is 4.46. The lowest BCUT2D eigenvalue weighted by atomic mass is 10.1. The van der Waals surface area contributed by atoms with Crippen molar-refractivity contribution < 1.29 is 32.5 Å². The molecule has 0 saturated carbocycles. The zero-order chi connectivity index (χ0) is 17.2. The lowest BCUT2D eigenvalue weighted by Gasteiger charge is -2.16. The van der Waals surface area contributed by atoms with Crippen molar-refractivity contribution in [1.82, 2.24) is 0 Å². The van der Waals surface area contributed by atoms with E-state index >= 15 is 0 Å². The first kappa shape index (κ1) is 17.1. The first-order valence-corrected chi connectivity index (χ1v) is 7.03. The summed E-state index contributed by atoms with van der Waals surface area (Å²) in [4.78, 5) is 12.2. The molecule has 23 heavy (non-hydrogen) atoms. The maximum atomic E-state index is 12.5. The van der Waals surface area contributed by atoms with Crippen LogP contribution in [0.15, 0.2) is 40.9 Å². The number of esters is 1. The quantitative estimate of drug-likeness (QED) is 0.615. The Morgan fingerprint density at radius 2 is 1.83 bits per heavy atom. The van der Waals surface area contributed by atoms with Gasteiger partial charge in [-0.25, -0.2) is 4.79 Å². The van der Waals surface area contributed by atoms with Crippen molar-refractivity contribution >= 4 is 21.9 Å². The highest BCUT2D eigenvalue weighted by atomic mass is 79.9. The summed E-state index contributed by atoms with van der Waals surface area (Å²) < 4.78 is 46.2. The van der Waals surface area contributed by atoms with E-state index in [0.717, 1.165) is 6.07 Å². The van der Waals surface area contributed by atoms with Gasteiger partial charge in [-0.3, -0.25) is 0 Å². The molecule has 1 N–H and O–H groups in total. The highest BCUT2D eigenvalue weighted by Gasteiger charge is 2.34. The molecule has 0 saturated heterocycles. The molecule has 0 amide bonds. The maximum absolute atomic E-state index is 12.5. The summed E-state index contributed by atoms with van der Waals surface area (Å²) in [7, 11) is 0. The first-order chi connectivity index (χ1) is 10.7. The van der Waals surface area contributed by atoms with Gasteiger partial charge >= 0.3 is 12.3 Å². The van der Waals surface area contributed by atoms with Crippen LogP contribution in [0.1, 0.15) is 15.9 Å². The molecular formula is C15H10BrF3O4. The number of para-hydroxylation sites is 1. The Balaban J connectivity index is 2.42. The number of benzene rings is 2. The molecule has 0 atom stereocenters. The molecule has 0 spiro atoms. The number of ether oxygens (including phenoxy) is 2. The van der Waals surface area contributed by atoms with Crippen LogP contribution in [-0.4, -0.2) is 17.4 Å². The maximum Gasteiger partial charge on any atom is 0.573 e. The molecule has 2 aromatic carbocycles. The predicted octanol–water partition coefficient (Wildman–Crippen LogP) is 4.58. The van der Waals surface area contributed by atoms with E-state index in [1.165, 1.54) is 19.1 Å². The Labute approximate surface area is 137 Å². The van der Waals surface area contributed by atoms with Crippen molar-refractivity contribution in [2.75, 3.05) is 0 Å². The number of carbonyl (C=O) groups excluding carboxylic acids is 1. The minimum atomic E-state index is -4.94. The number of hydrogen-bond donors (Lipinski definition) is 1. The highest BCUT2D eigenvalue weighted by Crippen LogP contribution is 2.39. The van der Waals surface area contributed by atoms with Gasteiger partial charge in [0.1, 0.15) is 22.8 Å².